The van der Waals surface area contributed by atoms with E-state index in [4.69, 9.17) is 10.5 Å². The summed E-state index contributed by atoms with van der Waals surface area (Å²) in [6.07, 6.45) is 14.2. The van der Waals surface area contributed by atoms with Gasteiger partial charge in [0.05, 0.1) is 7.11 Å². The number of hydrogen-bond acceptors (Lipinski definition) is 2. The minimum atomic E-state index is -0.378. The van der Waals surface area contributed by atoms with Crippen molar-refractivity contribution < 1.29 is 9.53 Å². The van der Waals surface area contributed by atoms with Gasteiger partial charge in [-0.05, 0) is 36.6 Å². The molecule has 1 rings (SSSR count). The smallest absolute Gasteiger partial charge is 0.248 e. The van der Waals surface area contributed by atoms with E-state index >= 15 is 0 Å². The summed E-state index contributed by atoms with van der Waals surface area (Å²) in [7, 11) is 1.67. The van der Waals surface area contributed by atoms with E-state index in [1.807, 2.05) is 12.1 Å². The highest BCUT2D eigenvalue weighted by atomic mass is 16.5. The molecular formula is C20H33NO2. The van der Waals surface area contributed by atoms with Crippen LogP contribution in [0, 0.1) is 0 Å². The molecule has 0 atom stereocenters. The molecule has 3 heteroatoms. The number of unbranched alkanes of at least 4 members (excludes halogenated alkanes) is 9. The maximum absolute atomic E-state index is 11.3. The Morgan fingerprint density at radius 3 is 2.04 bits per heavy atom. The van der Waals surface area contributed by atoms with E-state index in [0.29, 0.717) is 5.56 Å². The molecule has 1 aromatic rings. The second-order valence-electron chi connectivity index (χ2n) is 6.32. The molecule has 0 aliphatic rings. The number of carbonyl (C=O) groups excluding carboxylic acids is 1. The lowest BCUT2D eigenvalue weighted by molar-refractivity contribution is 0.1000. The molecule has 0 fully saturated rings. The van der Waals surface area contributed by atoms with Crippen molar-refractivity contribution in [3.63, 3.8) is 0 Å². The van der Waals surface area contributed by atoms with Gasteiger partial charge in [0.25, 0.3) is 0 Å². The zero-order valence-corrected chi connectivity index (χ0v) is 14.9. The lowest BCUT2D eigenvalue weighted by Gasteiger charge is -2.09. The van der Waals surface area contributed by atoms with Gasteiger partial charge in [-0.3, -0.25) is 4.79 Å². The number of benzene rings is 1. The summed E-state index contributed by atoms with van der Waals surface area (Å²) >= 11 is 0. The van der Waals surface area contributed by atoms with Crippen LogP contribution >= 0.6 is 0 Å². The number of amides is 1. The Morgan fingerprint density at radius 2 is 1.52 bits per heavy atom. The number of aryl methyl sites for hydroxylation is 1. The number of ether oxygens (including phenoxy) is 1. The second-order valence-corrected chi connectivity index (χ2v) is 6.32. The van der Waals surface area contributed by atoms with Crippen LogP contribution in [0.25, 0.3) is 0 Å². The molecule has 0 aliphatic heterocycles. The fourth-order valence-electron chi connectivity index (χ4n) is 2.93. The highest BCUT2D eigenvalue weighted by Crippen LogP contribution is 2.22. The van der Waals surface area contributed by atoms with Gasteiger partial charge in [-0.2, -0.15) is 0 Å². The van der Waals surface area contributed by atoms with Crippen molar-refractivity contribution in [3.8, 4) is 5.75 Å². The van der Waals surface area contributed by atoms with Gasteiger partial charge in [0.1, 0.15) is 5.75 Å². The number of carbonyl (C=O) groups is 1. The largest absolute Gasteiger partial charge is 0.496 e. The van der Waals surface area contributed by atoms with E-state index < -0.39 is 0 Å². The van der Waals surface area contributed by atoms with E-state index in [1.165, 1.54) is 57.8 Å². The Hall–Kier alpha value is -1.51. The molecule has 0 bridgehead atoms. The summed E-state index contributed by atoms with van der Waals surface area (Å²) in [5, 5.41) is 0. The molecule has 0 spiro atoms. The van der Waals surface area contributed by atoms with Gasteiger partial charge < -0.3 is 10.5 Å². The van der Waals surface area contributed by atoms with Crippen molar-refractivity contribution in [1.82, 2.24) is 0 Å². The fourth-order valence-corrected chi connectivity index (χ4v) is 2.93. The standard InChI is InChI=1S/C20H33NO2/c1-3-4-5-6-7-8-9-10-11-12-13-17-16-18(20(21)22)14-15-19(17)23-2/h14-16H,3-13H2,1-2H3,(H2,21,22). The van der Waals surface area contributed by atoms with E-state index in [9.17, 15) is 4.79 Å². The Labute approximate surface area is 141 Å². The Bertz CT molecular complexity index is 457. The van der Waals surface area contributed by atoms with E-state index in [-0.39, 0.29) is 5.91 Å². The van der Waals surface area contributed by atoms with Crippen LogP contribution in [0.15, 0.2) is 18.2 Å². The second kappa shape index (κ2) is 12.0. The molecule has 1 aromatic carbocycles. The van der Waals surface area contributed by atoms with Crippen LogP contribution in [0.3, 0.4) is 0 Å². The number of methoxy groups -OCH3 is 1. The van der Waals surface area contributed by atoms with Crippen LogP contribution < -0.4 is 10.5 Å². The number of primary amides is 1. The summed E-state index contributed by atoms with van der Waals surface area (Å²) in [4.78, 5) is 11.3. The molecule has 130 valence electrons. The van der Waals surface area contributed by atoms with Crippen molar-refractivity contribution >= 4 is 5.91 Å². The minimum Gasteiger partial charge on any atom is -0.496 e. The topological polar surface area (TPSA) is 52.3 Å². The van der Waals surface area contributed by atoms with Crippen LogP contribution in [0.5, 0.6) is 5.75 Å². The van der Waals surface area contributed by atoms with Gasteiger partial charge in [0.15, 0.2) is 0 Å². The molecule has 0 radical (unpaired) electrons. The van der Waals surface area contributed by atoms with E-state index in [1.54, 1.807) is 13.2 Å². The zero-order valence-electron chi connectivity index (χ0n) is 14.9. The molecule has 0 aliphatic carbocycles. The lowest BCUT2D eigenvalue weighted by Crippen LogP contribution is -2.11. The first-order valence-electron chi connectivity index (χ1n) is 9.15. The number of rotatable bonds is 13. The molecule has 1 amide bonds. The number of nitrogens with two attached hydrogens (primary N) is 1. The summed E-state index contributed by atoms with van der Waals surface area (Å²) in [5.41, 5.74) is 7.00. The third-order valence-electron chi connectivity index (χ3n) is 4.36. The normalized spacial score (nSPS) is 10.7. The van der Waals surface area contributed by atoms with Gasteiger partial charge in [0.2, 0.25) is 5.91 Å². The minimum absolute atomic E-state index is 0.378. The predicted molar refractivity (Wildman–Crippen MR) is 97.1 cm³/mol. The van der Waals surface area contributed by atoms with Gasteiger partial charge in [-0.25, -0.2) is 0 Å². The molecule has 3 nitrogen and oxygen atoms in total. The molecule has 0 aromatic heterocycles. The third kappa shape index (κ3) is 8.06. The number of hydrogen-bond donors (Lipinski definition) is 1. The van der Waals surface area contributed by atoms with Gasteiger partial charge >= 0.3 is 0 Å². The molecule has 0 heterocycles. The van der Waals surface area contributed by atoms with Crippen molar-refractivity contribution in [2.75, 3.05) is 7.11 Å². The first-order valence-corrected chi connectivity index (χ1v) is 9.15. The Kier molecular flexibility index (Phi) is 10.2. The Balaban J connectivity index is 2.20. The lowest BCUT2D eigenvalue weighted by atomic mass is 10.0. The van der Waals surface area contributed by atoms with E-state index in [2.05, 4.69) is 6.92 Å². The highest BCUT2D eigenvalue weighted by Gasteiger charge is 2.07. The first-order chi connectivity index (χ1) is 11.2. The highest BCUT2D eigenvalue weighted by molar-refractivity contribution is 5.93. The maximum atomic E-state index is 11.3. The van der Waals surface area contributed by atoms with Crippen LogP contribution in [-0.2, 0) is 6.42 Å². The predicted octanol–water partition coefficient (Wildman–Crippen LogP) is 5.26. The van der Waals surface area contributed by atoms with Crippen molar-refractivity contribution in [3.05, 3.63) is 29.3 Å². The molecule has 0 saturated carbocycles. The summed E-state index contributed by atoms with van der Waals surface area (Å²) < 4.78 is 5.37. The summed E-state index contributed by atoms with van der Waals surface area (Å²) in [6, 6.07) is 5.43. The van der Waals surface area contributed by atoms with Gasteiger partial charge in [-0.15, -0.1) is 0 Å². The van der Waals surface area contributed by atoms with E-state index in [0.717, 1.165) is 24.2 Å². The average molecular weight is 319 g/mol. The van der Waals surface area contributed by atoms with Crippen molar-refractivity contribution in [2.45, 2.75) is 77.6 Å². The third-order valence-corrected chi connectivity index (χ3v) is 4.36. The summed E-state index contributed by atoms with van der Waals surface area (Å²) in [6.45, 7) is 2.26. The van der Waals surface area contributed by atoms with Crippen LogP contribution in [0.4, 0.5) is 0 Å². The molecule has 0 saturated heterocycles. The van der Waals surface area contributed by atoms with Gasteiger partial charge in [0, 0.05) is 5.56 Å². The van der Waals surface area contributed by atoms with Crippen molar-refractivity contribution in [1.29, 1.82) is 0 Å². The maximum Gasteiger partial charge on any atom is 0.248 e. The monoisotopic (exact) mass is 319 g/mol. The van der Waals surface area contributed by atoms with Crippen LogP contribution in [0.2, 0.25) is 0 Å². The molecule has 2 N–H and O–H groups in total. The first kappa shape index (κ1) is 19.5. The zero-order chi connectivity index (χ0) is 16.9. The molecule has 23 heavy (non-hydrogen) atoms. The molecular weight excluding hydrogens is 286 g/mol. The summed E-state index contributed by atoms with van der Waals surface area (Å²) in [5.74, 6) is 0.475. The average Bonchev–Trinajstić information content (AvgIpc) is 2.56. The van der Waals surface area contributed by atoms with Crippen LogP contribution in [-0.4, -0.2) is 13.0 Å². The molecule has 0 unspecified atom stereocenters. The van der Waals surface area contributed by atoms with Crippen molar-refractivity contribution in [2.24, 2.45) is 5.73 Å². The fraction of sp³-hybridized carbons (Fsp3) is 0.650. The Morgan fingerprint density at radius 1 is 0.957 bits per heavy atom. The SMILES string of the molecule is CCCCCCCCCCCCc1cc(C(N)=O)ccc1OC. The van der Waals surface area contributed by atoms with Crippen LogP contribution in [0.1, 0.15) is 87.1 Å². The quantitative estimate of drug-likeness (QED) is 0.504. The van der Waals surface area contributed by atoms with Gasteiger partial charge in [-0.1, -0.05) is 64.7 Å².